The summed E-state index contributed by atoms with van der Waals surface area (Å²) in [7, 11) is 1.54. The number of aryl methyl sites for hydroxylation is 1. The van der Waals surface area contributed by atoms with Gasteiger partial charge in [-0.15, -0.1) is 21.5 Å². The fourth-order valence-corrected chi connectivity index (χ4v) is 6.86. The van der Waals surface area contributed by atoms with E-state index < -0.39 is 5.97 Å². The predicted molar refractivity (Wildman–Crippen MR) is 162 cm³/mol. The first-order valence-corrected chi connectivity index (χ1v) is 15.4. The molecule has 13 heteroatoms. The normalized spacial score (nSPS) is 12.1. The Bertz CT molecular complexity index is 1640. The second kappa shape index (κ2) is 13.4. The zero-order chi connectivity index (χ0) is 29.6. The van der Waals surface area contributed by atoms with E-state index in [1.165, 1.54) is 30.2 Å². The first kappa shape index (κ1) is 29.6. The highest BCUT2D eigenvalue weighted by Crippen LogP contribution is 2.39. The van der Waals surface area contributed by atoms with E-state index in [9.17, 15) is 14.4 Å². The van der Waals surface area contributed by atoms with Crippen LogP contribution in [0.2, 0.25) is 5.02 Å². The number of fused-ring (bicyclic) bond motifs is 1. The van der Waals surface area contributed by atoms with Crippen LogP contribution in [0, 0.1) is 0 Å². The van der Waals surface area contributed by atoms with Crippen molar-refractivity contribution in [1.82, 2.24) is 20.1 Å². The number of hydrogen-bond donors (Lipinski definition) is 2. The minimum Gasteiger partial charge on any atom is -0.497 e. The smallest absolute Gasteiger partial charge is 0.341 e. The van der Waals surface area contributed by atoms with E-state index in [0.717, 1.165) is 29.7 Å². The Morgan fingerprint density at radius 2 is 1.95 bits per heavy atom. The van der Waals surface area contributed by atoms with Gasteiger partial charge in [0.25, 0.3) is 5.91 Å². The highest BCUT2D eigenvalue weighted by molar-refractivity contribution is 7.99. The van der Waals surface area contributed by atoms with Crippen LogP contribution in [0.4, 0.5) is 5.00 Å². The number of carbonyl (C=O) groups excluding carboxylic acids is 3. The standard InChI is InChI=1S/C29H28ClN5O5S2/c1-3-40-28(38)25-21-11-6-12-22(21)42-27(25)32-24(36)16-41-29-34-33-23(35(29)19-9-5-8-18(30)14-19)15-31-26(37)17-7-4-10-20(13-17)39-2/h4-5,7-10,13-14H,3,6,11-12,15-16H2,1-2H3,(H,31,37)(H,32,36). The number of aromatic nitrogens is 3. The van der Waals surface area contributed by atoms with Crippen molar-refractivity contribution in [2.75, 3.05) is 24.8 Å². The van der Waals surface area contributed by atoms with Crippen LogP contribution < -0.4 is 15.4 Å². The van der Waals surface area contributed by atoms with Crippen LogP contribution in [0.25, 0.3) is 5.69 Å². The summed E-state index contributed by atoms with van der Waals surface area (Å²) >= 11 is 8.88. The van der Waals surface area contributed by atoms with E-state index in [0.29, 0.717) is 43.6 Å². The number of hydrogen-bond acceptors (Lipinski definition) is 9. The minimum atomic E-state index is -0.416. The van der Waals surface area contributed by atoms with E-state index >= 15 is 0 Å². The van der Waals surface area contributed by atoms with Gasteiger partial charge in [0.2, 0.25) is 5.91 Å². The number of rotatable bonds is 11. The number of methoxy groups -OCH3 is 1. The molecule has 0 aliphatic heterocycles. The van der Waals surface area contributed by atoms with Gasteiger partial charge in [0, 0.05) is 15.5 Å². The van der Waals surface area contributed by atoms with Crippen molar-refractivity contribution in [2.24, 2.45) is 0 Å². The molecule has 0 bridgehead atoms. The van der Waals surface area contributed by atoms with Gasteiger partial charge in [-0.1, -0.05) is 35.5 Å². The number of thioether (sulfide) groups is 1. The largest absolute Gasteiger partial charge is 0.497 e. The molecule has 2 heterocycles. The van der Waals surface area contributed by atoms with Crippen LogP contribution in [0.3, 0.4) is 0 Å². The number of ether oxygens (including phenoxy) is 2. The van der Waals surface area contributed by atoms with Crippen LogP contribution in [0.5, 0.6) is 5.75 Å². The average Bonchev–Trinajstić information content (AvgIpc) is 3.69. The Kier molecular flexibility index (Phi) is 9.45. The summed E-state index contributed by atoms with van der Waals surface area (Å²) in [6.45, 7) is 2.09. The summed E-state index contributed by atoms with van der Waals surface area (Å²) in [6.07, 6.45) is 2.67. The maximum absolute atomic E-state index is 13.1. The van der Waals surface area contributed by atoms with Crippen molar-refractivity contribution < 1.29 is 23.9 Å². The lowest BCUT2D eigenvalue weighted by atomic mass is 10.1. The summed E-state index contributed by atoms with van der Waals surface area (Å²) in [5.41, 5.74) is 2.56. The summed E-state index contributed by atoms with van der Waals surface area (Å²) in [6, 6.07) is 14.0. The zero-order valence-corrected chi connectivity index (χ0v) is 25.3. The number of benzene rings is 2. The fraction of sp³-hybridized carbons (Fsp3) is 0.276. The Hall–Kier alpha value is -3.87. The average molecular weight is 626 g/mol. The van der Waals surface area contributed by atoms with Gasteiger partial charge in [-0.3, -0.25) is 14.2 Å². The van der Waals surface area contributed by atoms with Crippen molar-refractivity contribution >= 4 is 57.5 Å². The van der Waals surface area contributed by atoms with E-state index in [2.05, 4.69) is 20.8 Å². The molecule has 2 aromatic carbocycles. The molecule has 0 fully saturated rings. The minimum absolute atomic E-state index is 0.0136. The lowest BCUT2D eigenvalue weighted by Crippen LogP contribution is -2.24. The predicted octanol–water partition coefficient (Wildman–Crippen LogP) is 5.32. The zero-order valence-electron chi connectivity index (χ0n) is 22.9. The molecule has 2 aromatic heterocycles. The van der Waals surface area contributed by atoms with Crippen molar-refractivity contribution in [3.8, 4) is 11.4 Å². The molecule has 5 rings (SSSR count). The molecule has 42 heavy (non-hydrogen) atoms. The second-order valence-electron chi connectivity index (χ2n) is 9.25. The summed E-state index contributed by atoms with van der Waals surface area (Å²) < 4.78 is 12.2. The topological polar surface area (TPSA) is 124 Å². The van der Waals surface area contributed by atoms with Gasteiger partial charge in [-0.2, -0.15) is 0 Å². The number of anilines is 1. The van der Waals surface area contributed by atoms with Gasteiger partial charge in [0.15, 0.2) is 11.0 Å². The van der Waals surface area contributed by atoms with Crippen molar-refractivity contribution in [2.45, 2.75) is 37.9 Å². The third-order valence-corrected chi connectivity index (χ3v) is 8.86. The van der Waals surface area contributed by atoms with Crippen molar-refractivity contribution in [3.05, 3.63) is 80.9 Å². The number of carbonyl (C=O) groups is 3. The fourth-order valence-electron chi connectivity index (χ4n) is 4.61. The highest BCUT2D eigenvalue weighted by atomic mass is 35.5. The SMILES string of the molecule is CCOC(=O)c1c(NC(=O)CSc2nnc(CNC(=O)c3cccc(OC)c3)n2-c2cccc(Cl)c2)sc2c1CCC2. The molecule has 1 aliphatic rings. The van der Waals surface area contributed by atoms with Gasteiger partial charge >= 0.3 is 5.97 Å². The van der Waals surface area contributed by atoms with Gasteiger partial charge in [-0.25, -0.2) is 4.79 Å². The van der Waals surface area contributed by atoms with Crippen LogP contribution >= 0.6 is 34.7 Å². The quantitative estimate of drug-likeness (QED) is 0.170. The van der Waals surface area contributed by atoms with Gasteiger partial charge in [-0.05, 0) is 68.1 Å². The molecule has 0 radical (unpaired) electrons. The summed E-state index contributed by atoms with van der Waals surface area (Å²) in [4.78, 5) is 39.7. The Morgan fingerprint density at radius 3 is 2.74 bits per heavy atom. The Balaban J connectivity index is 1.32. The molecular formula is C29H28ClN5O5S2. The van der Waals surface area contributed by atoms with E-state index in [1.807, 2.05) is 6.07 Å². The number of amides is 2. The summed E-state index contributed by atoms with van der Waals surface area (Å²) in [5.74, 6) is 0.0298. The van der Waals surface area contributed by atoms with Crippen LogP contribution in [-0.2, 0) is 28.9 Å². The van der Waals surface area contributed by atoms with Crippen LogP contribution in [0.1, 0.15) is 50.3 Å². The summed E-state index contributed by atoms with van der Waals surface area (Å²) in [5, 5.41) is 15.8. The Morgan fingerprint density at radius 1 is 1.12 bits per heavy atom. The highest BCUT2D eigenvalue weighted by Gasteiger charge is 2.28. The van der Waals surface area contributed by atoms with Gasteiger partial charge < -0.3 is 20.1 Å². The number of nitrogens with zero attached hydrogens (tertiary/aromatic N) is 3. The molecule has 1 aliphatic carbocycles. The van der Waals surface area contributed by atoms with Gasteiger partial charge in [0.05, 0.1) is 37.3 Å². The second-order valence-corrected chi connectivity index (χ2v) is 11.7. The number of nitrogens with one attached hydrogen (secondary N) is 2. The molecule has 218 valence electrons. The molecule has 2 amide bonds. The third-order valence-electron chi connectivity index (χ3n) is 6.49. The van der Waals surface area contributed by atoms with Crippen molar-refractivity contribution in [1.29, 1.82) is 0 Å². The number of halogens is 1. The third kappa shape index (κ3) is 6.61. The molecule has 0 saturated heterocycles. The number of thiophene rings is 1. The number of esters is 1. The van der Waals surface area contributed by atoms with E-state index in [4.69, 9.17) is 21.1 Å². The van der Waals surface area contributed by atoms with E-state index in [1.54, 1.807) is 54.0 Å². The van der Waals surface area contributed by atoms with Crippen LogP contribution in [0.15, 0.2) is 53.7 Å². The Labute approximate surface area is 255 Å². The lowest BCUT2D eigenvalue weighted by molar-refractivity contribution is -0.113. The molecule has 4 aromatic rings. The first-order chi connectivity index (χ1) is 20.4. The maximum atomic E-state index is 13.1. The molecule has 0 spiro atoms. The van der Waals surface area contributed by atoms with E-state index in [-0.39, 0.29) is 30.7 Å². The molecular weight excluding hydrogens is 598 g/mol. The molecule has 0 atom stereocenters. The molecule has 0 unspecified atom stereocenters. The lowest BCUT2D eigenvalue weighted by Gasteiger charge is -2.12. The van der Waals surface area contributed by atoms with Crippen LogP contribution in [-0.4, -0.2) is 52.0 Å². The van der Waals surface area contributed by atoms with Crippen molar-refractivity contribution in [3.63, 3.8) is 0 Å². The molecule has 0 saturated carbocycles. The maximum Gasteiger partial charge on any atom is 0.341 e. The molecule has 10 nitrogen and oxygen atoms in total. The monoisotopic (exact) mass is 625 g/mol. The van der Waals surface area contributed by atoms with Gasteiger partial charge in [0.1, 0.15) is 10.8 Å². The molecule has 2 N–H and O–H groups in total. The first-order valence-electron chi connectivity index (χ1n) is 13.2.